The molecule has 2 unspecified atom stereocenters. The van der Waals surface area contributed by atoms with Crippen molar-refractivity contribution in [2.75, 3.05) is 26.2 Å². The number of urea groups is 1. The van der Waals surface area contributed by atoms with Gasteiger partial charge in [-0.05, 0) is 31.1 Å². The normalized spacial score (nSPS) is 35.1. The summed E-state index contributed by atoms with van der Waals surface area (Å²) in [5.41, 5.74) is 0. The number of nitrogens with one attached hydrogen (secondary N) is 2. The zero-order valence-electron chi connectivity index (χ0n) is 9.04. The van der Waals surface area contributed by atoms with E-state index in [9.17, 15) is 4.79 Å². The van der Waals surface area contributed by atoms with Gasteiger partial charge >= 0.3 is 6.03 Å². The molecule has 84 valence electrons. The molecule has 15 heavy (non-hydrogen) atoms. The van der Waals surface area contributed by atoms with E-state index in [-0.39, 0.29) is 6.03 Å². The van der Waals surface area contributed by atoms with Crippen LogP contribution in [0.5, 0.6) is 0 Å². The molecule has 2 atom stereocenters. The Kier molecular flexibility index (Phi) is 2.31. The number of hydrogen-bond acceptors (Lipinski definition) is 2. The zero-order chi connectivity index (χ0) is 10.3. The van der Waals surface area contributed by atoms with Crippen LogP contribution in [-0.4, -0.2) is 43.2 Å². The molecule has 1 aliphatic carbocycles. The summed E-state index contributed by atoms with van der Waals surface area (Å²) in [7, 11) is 0. The molecule has 3 aliphatic rings. The van der Waals surface area contributed by atoms with Gasteiger partial charge in [0, 0.05) is 32.2 Å². The highest BCUT2D eigenvalue weighted by Gasteiger charge is 2.38. The number of fused-ring (bicyclic) bond motifs is 1. The summed E-state index contributed by atoms with van der Waals surface area (Å²) in [4.78, 5) is 13.9. The number of likely N-dealkylation sites (tertiary alicyclic amines) is 1. The molecule has 0 radical (unpaired) electrons. The van der Waals surface area contributed by atoms with Crippen LogP contribution in [0.25, 0.3) is 0 Å². The molecule has 2 N–H and O–H groups in total. The van der Waals surface area contributed by atoms with Crippen LogP contribution in [0.2, 0.25) is 0 Å². The third kappa shape index (κ3) is 1.71. The maximum atomic E-state index is 11.9. The molecule has 0 aromatic carbocycles. The summed E-state index contributed by atoms with van der Waals surface area (Å²) in [5, 5.41) is 6.50. The van der Waals surface area contributed by atoms with Crippen molar-refractivity contribution in [2.45, 2.75) is 25.3 Å². The van der Waals surface area contributed by atoms with Crippen molar-refractivity contribution >= 4 is 6.03 Å². The number of rotatable bonds is 1. The van der Waals surface area contributed by atoms with Crippen LogP contribution in [-0.2, 0) is 0 Å². The lowest BCUT2D eigenvalue weighted by atomic mass is 9.93. The van der Waals surface area contributed by atoms with Crippen molar-refractivity contribution in [3.05, 3.63) is 0 Å². The van der Waals surface area contributed by atoms with Crippen molar-refractivity contribution in [3.63, 3.8) is 0 Å². The van der Waals surface area contributed by atoms with Gasteiger partial charge in [-0.25, -0.2) is 4.79 Å². The fourth-order valence-corrected chi connectivity index (χ4v) is 2.84. The zero-order valence-corrected chi connectivity index (χ0v) is 9.04. The third-order valence-electron chi connectivity index (χ3n) is 4.11. The second-order valence-electron chi connectivity index (χ2n) is 5.16. The summed E-state index contributed by atoms with van der Waals surface area (Å²) < 4.78 is 0. The van der Waals surface area contributed by atoms with Crippen LogP contribution in [0, 0.1) is 11.8 Å². The minimum atomic E-state index is 0.175. The van der Waals surface area contributed by atoms with E-state index in [1.807, 2.05) is 4.90 Å². The van der Waals surface area contributed by atoms with Crippen LogP contribution >= 0.6 is 0 Å². The van der Waals surface area contributed by atoms with E-state index in [2.05, 4.69) is 10.6 Å². The van der Waals surface area contributed by atoms with Crippen LogP contribution in [0.15, 0.2) is 0 Å². The molecule has 1 saturated carbocycles. The lowest BCUT2D eigenvalue weighted by molar-refractivity contribution is 0.193. The van der Waals surface area contributed by atoms with Gasteiger partial charge in [0.25, 0.3) is 0 Å². The van der Waals surface area contributed by atoms with E-state index in [0.29, 0.717) is 17.9 Å². The van der Waals surface area contributed by atoms with Gasteiger partial charge in [0.2, 0.25) is 0 Å². The monoisotopic (exact) mass is 209 g/mol. The molecule has 3 rings (SSSR count). The fraction of sp³-hybridized carbons (Fsp3) is 0.909. The predicted octanol–water partition coefficient (Wildman–Crippen LogP) is 0.400. The van der Waals surface area contributed by atoms with E-state index >= 15 is 0 Å². The van der Waals surface area contributed by atoms with Crippen LogP contribution in [0.1, 0.15) is 19.3 Å². The number of hydrogen-bond donors (Lipinski definition) is 2. The molecule has 2 heterocycles. The highest BCUT2D eigenvalue weighted by molar-refractivity contribution is 5.75. The summed E-state index contributed by atoms with van der Waals surface area (Å²) in [6, 6.07) is 0.644. The number of nitrogens with zero attached hydrogens (tertiary/aromatic N) is 1. The first-order valence-corrected chi connectivity index (χ1v) is 6.09. The van der Waals surface area contributed by atoms with Crippen molar-refractivity contribution in [3.8, 4) is 0 Å². The fourth-order valence-electron chi connectivity index (χ4n) is 2.84. The molecule has 2 aliphatic heterocycles. The highest BCUT2D eigenvalue weighted by Crippen LogP contribution is 2.26. The minimum absolute atomic E-state index is 0.175. The Balaban J connectivity index is 1.52. The number of amides is 2. The first-order valence-electron chi connectivity index (χ1n) is 6.09. The maximum Gasteiger partial charge on any atom is 0.317 e. The average molecular weight is 209 g/mol. The molecule has 0 bridgehead atoms. The van der Waals surface area contributed by atoms with E-state index in [4.69, 9.17) is 0 Å². The number of carbonyl (C=O) groups excluding carboxylic acids is 1. The molecule has 0 spiro atoms. The topological polar surface area (TPSA) is 44.4 Å². The second-order valence-corrected chi connectivity index (χ2v) is 5.16. The van der Waals surface area contributed by atoms with Crippen molar-refractivity contribution in [1.29, 1.82) is 0 Å². The van der Waals surface area contributed by atoms with E-state index < -0.39 is 0 Å². The summed E-state index contributed by atoms with van der Waals surface area (Å²) >= 11 is 0. The first-order chi connectivity index (χ1) is 7.33. The lowest BCUT2D eigenvalue weighted by Gasteiger charge is -2.29. The predicted molar refractivity (Wildman–Crippen MR) is 57.6 cm³/mol. The van der Waals surface area contributed by atoms with Gasteiger partial charge in [-0.1, -0.05) is 0 Å². The molecule has 4 heteroatoms. The Bertz CT molecular complexity index is 253. The van der Waals surface area contributed by atoms with Crippen molar-refractivity contribution in [1.82, 2.24) is 15.5 Å². The Morgan fingerprint density at radius 2 is 1.87 bits per heavy atom. The van der Waals surface area contributed by atoms with Crippen molar-refractivity contribution < 1.29 is 4.79 Å². The smallest absolute Gasteiger partial charge is 0.317 e. The molecular weight excluding hydrogens is 190 g/mol. The lowest BCUT2D eigenvalue weighted by Crippen LogP contribution is -2.47. The molecule has 3 fully saturated rings. The summed E-state index contributed by atoms with van der Waals surface area (Å²) in [6.07, 6.45) is 3.63. The van der Waals surface area contributed by atoms with Gasteiger partial charge in [0.1, 0.15) is 0 Å². The van der Waals surface area contributed by atoms with Crippen molar-refractivity contribution in [2.24, 2.45) is 11.8 Å². The molecule has 2 saturated heterocycles. The Morgan fingerprint density at radius 1 is 1.20 bits per heavy atom. The third-order valence-corrected chi connectivity index (χ3v) is 4.11. The largest absolute Gasteiger partial charge is 0.335 e. The minimum Gasteiger partial charge on any atom is -0.335 e. The Morgan fingerprint density at radius 3 is 2.40 bits per heavy atom. The van der Waals surface area contributed by atoms with Gasteiger partial charge in [-0.3, -0.25) is 0 Å². The maximum absolute atomic E-state index is 11.9. The molecule has 0 aromatic rings. The van der Waals surface area contributed by atoms with E-state index in [0.717, 1.165) is 26.2 Å². The van der Waals surface area contributed by atoms with E-state index in [1.54, 1.807) is 0 Å². The van der Waals surface area contributed by atoms with Gasteiger partial charge in [-0.2, -0.15) is 0 Å². The summed E-state index contributed by atoms with van der Waals surface area (Å²) in [6.45, 7) is 4.10. The summed E-state index contributed by atoms with van der Waals surface area (Å²) in [5.74, 6) is 1.41. The molecule has 4 nitrogen and oxygen atoms in total. The molecule has 0 aromatic heterocycles. The first kappa shape index (κ1) is 9.46. The van der Waals surface area contributed by atoms with Gasteiger partial charge < -0.3 is 15.5 Å². The standard InChI is InChI=1S/C11H19N3O/c15-11(13-10-2-1-3-10)14-6-8-4-12-5-9(8)7-14/h8-10,12H,1-7H2,(H,13,15). The number of carbonyl (C=O) groups is 1. The van der Waals surface area contributed by atoms with Gasteiger partial charge in [0.15, 0.2) is 0 Å². The van der Waals surface area contributed by atoms with Gasteiger partial charge in [-0.15, -0.1) is 0 Å². The average Bonchev–Trinajstić information content (AvgIpc) is 2.69. The van der Waals surface area contributed by atoms with Crippen LogP contribution in [0.3, 0.4) is 0 Å². The molecule has 2 amide bonds. The Labute approximate surface area is 90.4 Å². The second kappa shape index (κ2) is 3.67. The van der Waals surface area contributed by atoms with Crippen LogP contribution < -0.4 is 10.6 Å². The van der Waals surface area contributed by atoms with E-state index in [1.165, 1.54) is 19.3 Å². The quantitative estimate of drug-likeness (QED) is 0.656. The molecular formula is C11H19N3O. The van der Waals surface area contributed by atoms with Gasteiger partial charge in [0.05, 0.1) is 0 Å². The SMILES string of the molecule is O=C(NC1CCC1)N1CC2CNCC2C1. The van der Waals surface area contributed by atoms with Crippen LogP contribution in [0.4, 0.5) is 4.79 Å². The highest BCUT2D eigenvalue weighted by atomic mass is 16.2. The Hall–Kier alpha value is -0.770.